The van der Waals surface area contributed by atoms with Gasteiger partial charge in [0.2, 0.25) is 0 Å². The topological polar surface area (TPSA) is 69.6 Å². The van der Waals surface area contributed by atoms with E-state index >= 15 is 0 Å². The van der Waals surface area contributed by atoms with Crippen molar-refractivity contribution in [1.29, 1.82) is 0 Å². The first-order valence-electron chi connectivity index (χ1n) is 7.19. The van der Waals surface area contributed by atoms with Gasteiger partial charge in [-0.3, -0.25) is 4.79 Å². The van der Waals surface area contributed by atoms with Crippen LogP contribution in [0.25, 0.3) is 0 Å². The number of urea groups is 1. The van der Waals surface area contributed by atoms with Crippen molar-refractivity contribution < 1.29 is 14.7 Å². The largest absolute Gasteiger partial charge is 0.481 e. The van der Waals surface area contributed by atoms with Crippen LogP contribution in [0.15, 0.2) is 0 Å². The summed E-state index contributed by atoms with van der Waals surface area (Å²) in [5.41, 5.74) is 0.283. The molecule has 0 spiro atoms. The Hall–Kier alpha value is -1.26. The second-order valence-corrected chi connectivity index (χ2v) is 5.64. The third kappa shape index (κ3) is 4.11. The molecule has 1 saturated heterocycles. The average Bonchev–Trinajstić information content (AvgIpc) is 2.83. The molecule has 0 radical (unpaired) electrons. The third-order valence-corrected chi connectivity index (χ3v) is 4.50. The summed E-state index contributed by atoms with van der Waals surface area (Å²) in [7, 11) is 0. The number of nitrogens with zero attached hydrogens (tertiary/aromatic N) is 1. The molecule has 0 aromatic heterocycles. The quantitative estimate of drug-likeness (QED) is 0.778. The second kappa shape index (κ2) is 6.78. The van der Waals surface area contributed by atoms with Crippen molar-refractivity contribution in [3.8, 4) is 0 Å². The maximum atomic E-state index is 12.0. The van der Waals surface area contributed by atoms with Crippen LogP contribution in [0, 0.1) is 11.3 Å². The van der Waals surface area contributed by atoms with Crippen molar-refractivity contribution in [2.75, 3.05) is 19.6 Å². The molecule has 0 saturated carbocycles. The van der Waals surface area contributed by atoms with E-state index in [-0.39, 0.29) is 11.4 Å². The van der Waals surface area contributed by atoms with E-state index in [2.05, 4.69) is 19.2 Å². The first-order chi connectivity index (χ1) is 8.94. The SMILES string of the molecule is CCC1(CC)CCN(C(=O)NCCC(C)C(=O)O)C1. The molecule has 19 heavy (non-hydrogen) atoms. The Bertz CT molecular complexity index is 327. The van der Waals surface area contributed by atoms with Crippen LogP contribution in [-0.2, 0) is 4.79 Å². The zero-order chi connectivity index (χ0) is 14.5. The van der Waals surface area contributed by atoms with Gasteiger partial charge in [0.05, 0.1) is 5.92 Å². The maximum Gasteiger partial charge on any atom is 0.317 e. The Morgan fingerprint density at radius 1 is 1.37 bits per heavy atom. The molecule has 0 bridgehead atoms. The Balaban J connectivity index is 2.34. The van der Waals surface area contributed by atoms with Gasteiger partial charge in [-0.2, -0.15) is 0 Å². The zero-order valence-electron chi connectivity index (χ0n) is 12.2. The van der Waals surface area contributed by atoms with Gasteiger partial charge in [-0.25, -0.2) is 4.79 Å². The van der Waals surface area contributed by atoms with Gasteiger partial charge in [0.25, 0.3) is 0 Å². The number of nitrogens with one attached hydrogen (secondary N) is 1. The van der Waals surface area contributed by atoms with Gasteiger partial charge in [0.15, 0.2) is 0 Å². The number of carboxylic acid groups (broad SMARTS) is 1. The molecule has 1 aliphatic rings. The first kappa shape index (κ1) is 15.8. The number of carboxylic acids is 1. The summed E-state index contributed by atoms with van der Waals surface area (Å²) < 4.78 is 0. The van der Waals surface area contributed by atoms with Crippen LogP contribution >= 0.6 is 0 Å². The number of amides is 2. The molecule has 1 heterocycles. The Morgan fingerprint density at radius 2 is 2.00 bits per heavy atom. The molecule has 5 heteroatoms. The number of rotatable bonds is 6. The maximum absolute atomic E-state index is 12.0. The molecular formula is C14H26N2O3. The Morgan fingerprint density at radius 3 is 2.47 bits per heavy atom. The smallest absolute Gasteiger partial charge is 0.317 e. The highest BCUT2D eigenvalue weighted by Crippen LogP contribution is 2.36. The van der Waals surface area contributed by atoms with Crippen LogP contribution in [0.2, 0.25) is 0 Å². The second-order valence-electron chi connectivity index (χ2n) is 5.64. The third-order valence-electron chi connectivity index (χ3n) is 4.50. The van der Waals surface area contributed by atoms with Crippen LogP contribution < -0.4 is 5.32 Å². The fraction of sp³-hybridized carbons (Fsp3) is 0.857. The lowest BCUT2D eigenvalue weighted by Crippen LogP contribution is -2.40. The molecule has 2 N–H and O–H groups in total. The zero-order valence-corrected chi connectivity index (χ0v) is 12.2. The van der Waals surface area contributed by atoms with Crippen molar-refractivity contribution in [2.45, 2.75) is 46.5 Å². The Labute approximate surface area is 115 Å². The van der Waals surface area contributed by atoms with Crippen molar-refractivity contribution in [3.63, 3.8) is 0 Å². The van der Waals surface area contributed by atoms with Crippen LogP contribution in [0.3, 0.4) is 0 Å². The minimum absolute atomic E-state index is 0.0543. The summed E-state index contributed by atoms with van der Waals surface area (Å²) in [6.45, 7) is 8.07. The summed E-state index contributed by atoms with van der Waals surface area (Å²) >= 11 is 0. The monoisotopic (exact) mass is 270 g/mol. The van der Waals surface area contributed by atoms with Crippen LogP contribution in [-0.4, -0.2) is 41.6 Å². The first-order valence-corrected chi connectivity index (χ1v) is 7.19. The van der Waals surface area contributed by atoms with Crippen LogP contribution in [0.4, 0.5) is 4.79 Å². The normalized spacial score (nSPS) is 19.2. The number of carbonyl (C=O) groups is 2. The van der Waals surface area contributed by atoms with Crippen molar-refractivity contribution in [1.82, 2.24) is 10.2 Å². The highest BCUT2D eigenvalue weighted by molar-refractivity contribution is 5.74. The van der Waals surface area contributed by atoms with E-state index in [9.17, 15) is 9.59 Å². The standard InChI is InChI=1S/C14H26N2O3/c1-4-14(5-2)7-9-16(10-14)13(19)15-8-6-11(3)12(17)18/h11H,4-10H2,1-3H3,(H,15,19)(H,17,18). The van der Waals surface area contributed by atoms with Gasteiger partial charge >= 0.3 is 12.0 Å². The van der Waals surface area contributed by atoms with Gasteiger partial charge in [0.1, 0.15) is 0 Å². The summed E-state index contributed by atoms with van der Waals surface area (Å²) in [6.07, 6.45) is 3.74. The lowest BCUT2D eigenvalue weighted by Gasteiger charge is -2.26. The highest BCUT2D eigenvalue weighted by Gasteiger charge is 2.36. The van der Waals surface area contributed by atoms with Gasteiger partial charge in [-0.05, 0) is 31.1 Å². The van der Waals surface area contributed by atoms with Gasteiger partial charge in [-0.1, -0.05) is 20.8 Å². The number of hydrogen-bond donors (Lipinski definition) is 2. The van der Waals surface area contributed by atoms with Crippen molar-refractivity contribution in [3.05, 3.63) is 0 Å². The summed E-state index contributed by atoms with van der Waals surface area (Å²) in [4.78, 5) is 24.5. The van der Waals surface area contributed by atoms with Crippen molar-refractivity contribution in [2.24, 2.45) is 11.3 Å². The fourth-order valence-electron chi connectivity index (χ4n) is 2.57. The number of carbonyl (C=O) groups excluding carboxylic acids is 1. The summed E-state index contributed by atoms with van der Waals surface area (Å²) in [5, 5.41) is 11.6. The van der Waals surface area contributed by atoms with E-state index in [0.29, 0.717) is 13.0 Å². The van der Waals surface area contributed by atoms with E-state index in [4.69, 9.17) is 5.11 Å². The lowest BCUT2D eigenvalue weighted by atomic mass is 9.82. The number of likely N-dealkylation sites (tertiary alicyclic amines) is 1. The minimum Gasteiger partial charge on any atom is -0.481 e. The molecule has 1 aliphatic heterocycles. The highest BCUT2D eigenvalue weighted by atomic mass is 16.4. The fourth-order valence-corrected chi connectivity index (χ4v) is 2.57. The molecule has 1 unspecified atom stereocenters. The van der Waals surface area contributed by atoms with E-state index in [1.165, 1.54) is 0 Å². The molecule has 1 atom stereocenters. The minimum atomic E-state index is -0.814. The molecule has 1 fully saturated rings. The van der Waals surface area contributed by atoms with Crippen molar-refractivity contribution >= 4 is 12.0 Å². The molecule has 1 rings (SSSR count). The lowest BCUT2D eigenvalue weighted by molar-refractivity contribution is -0.141. The van der Waals surface area contributed by atoms with E-state index in [1.807, 2.05) is 4.90 Å². The van der Waals surface area contributed by atoms with Gasteiger partial charge in [0, 0.05) is 19.6 Å². The average molecular weight is 270 g/mol. The predicted octanol–water partition coefficient (Wildman–Crippen LogP) is 2.32. The van der Waals surface area contributed by atoms with E-state index in [1.54, 1.807) is 6.92 Å². The molecule has 0 aliphatic carbocycles. The van der Waals surface area contributed by atoms with Gasteiger partial charge in [-0.15, -0.1) is 0 Å². The summed E-state index contributed by atoms with van der Waals surface area (Å²) in [6, 6.07) is -0.0543. The molecule has 0 aromatic carbocycles. The summed E-state index contributed by atoms with van der Waals surface area (Å²) in [5.74, 6) is -1.23. The molecule has 5 nitrogen and oxygen atoms in total. The molecular weight excluding hydrogens is 244 g/mol. The van der Waals surface area contributed by atoms with Crippen LogP contribution in [0.1, 0.15) is 46.5 Å². The number of hydrogen-bond acceptors (Lipinski definition) is 2. The Kier molecular flexibility index (Phi) is 5.63. The molecule has 0 aromatic rings. The van der Waals surface area contributed by atoms with Crippen LogP contribution in [0.5, 0.6) is 0 Å². The number of aliphatic carboxylic acids is 1. The van der Waals surface area contributed by atoms with E-state index in [0.717, 1.165) is 32.4 Å². The molecule has 2 amide bonds. The van der Waals surface area contributed by atoms with E-state index < -0.39 is 11.9 Å². The van der Waals surface area contributed by atoms with Gasteiger partial charge < -0.3 is 15.3 Å². The predicted molar refractivity (Wildman–Crippen MR) is 74.0 cm³/mol. The molecule has 110 valence electrons.